The van der Waals surface area contributed by atoms with Gasteiger partial charge in [0.25, 0.3) is 5.91 Å². The third kappa shape index (κ3) is 3.44. The van der Waals surface area contributed by atoms with Crippen molar-refractivity contribution in [3.63, 3.8) is 0 Å². The van der Waals surface area contributed by atoms with Crippen LogP contribution in [0.5, 0.6) is 0 Å². The molecule has 2 N–H and O–H groups in total. The van der Waals surface area contributed by atoms with Crippen LogP contribution < -0.4 is 5.32 Å². The minimum Gasteiger partial charge on any atom is -0.467 e. The topological polar surface area (TPSA) is 71.2 Å². The molecule has 2 rings (SSSR count). The predicted octanol–water partition coefficient (Wildman–Crippen LogP) is 2.62. The number of hydrogen-bond donors (Lipinski definition) is 2. The van der Waals surface area contributed by atoms with E-state index in [1.807, 2.05) is 13.8 Å². The van der Waals surface area contributed by atoms with E-state index < -0.39 is 23.7 Å². The first-order valence-corrected chi connectivity index (χ1v) is 7.08. The number of esters is 1. The first-order valence-electron chi connectivity index (χ1n) is 7.08. The number of methoxy groups -OCH3 is 1. The molecule has 1 heterocycles. The van der Waals surface area contributed by atoms with Crippen LogP contribution >= 0.6 is 0 Å². The SMILES string of the molecule is COC(=O)C(CC(C)C)NC(=O)c1cc2c(F)cccc2[nH]1. The Hall–Kier alpha value is -2.37. The van der Waals surface area contributed by atoms with Gasteiger partial charge in [0.2, 0.25) is 0 Å². The highest BCUT2D eigenvalue weighted by Crippen LogP contribution is 2.19. The maximum Gasteiger partial charge on any atom is 0.328 e. The zero-order chi connectivity index (χ0) is 16.3. The van der Waals surface area contributed by atoms with Gasteiger partial charge in [-0.2, -0.15) is 0 Å². The van der Waals surface area contributed by atoms with Crippen molar-refractivity contribution in [3.05, 3.63) is 35.8 Å². The molecule has 6 heteroatoms. The Morgan fingerprint density at radius 1 is 1.36 bits per heavy atom. The third-order valence-electron chi connectivity index (χ3n) is 3.35. The summed E-state index contributed by atoms with van der Waals surface area (Å²) >= 11 is 0. The standard InChI is InChI=1S/C16H19FN2O3/c1-9(2)7-14(16(21)22-3)19-15(20)13-8-10-11(17)5-4-6-12(10)18-13/h4-6,8-9,14,18H,7H2,1-3H3,(H,19,20). The van der Waals surface area contributed by atoms with Crippen molar-refractivity contribution in [2.24, 2.45) is 5.92 Å². The van der Waals surface area contributed by atoms with Gasteiger partial charge in [-0.15, -0.1) is 0 Å². The highest BCUT2D eigenvalue weighted by Gasteiger charge is 2.24. The van der Waals surface area contributed by atoms with E-state index in [4.69, 9.17) is 4.74 Å². The van der Waals surface area contributed by atoms with Gasteiger partial charge >= 0.3 is 5.97 Å². The molecule has 0 bridgehead atoms. The van der Waals surface area contributed by atoms with E-state index in [1.54, 1.807) is 12.1 Å². The number of aromatic nitrogens is 1. The lowest BCUT2D eigenvalue weighted by Crippen LogP contribution is -2.42. The van der Waals surface area contributed by atoms with Gasteiger partial charge in [0.15, 0.2) is 0 Å². The van der Waals surface area contributed by atoms with Crippen LogP contribution in [0, 0.1) is 11.7 Å². The molecule has 0 aliphatic heterocycles. The molecule has 5 nitrogen and oxygen atoms in total. The van der Waals surface area contributed by atoms with Crippen molar-refractivity contribution in [2.45, 2.75) is 26.3 Å². The quantitative estimate of drug-likeness (QED) is 0.834. The van der Waals surface area contributed by atoms with Crippen molar-refractivity contribution in [1.82, 2.24) is 10.3 Å². The van der Waals surface area contributed by atoms with Gasteiger partial charge < -0.3 is 15.0 Å². The third-order valence-corrected chi connectivity index (χ3v) is 3.35. The van der Waals surface area contributed by atoms with Crippen LogP contribution in [0.15, 0.2) is 24.3 Å². The average Bonchev–Trinajstić information content (AvgIpc) is 2.91. The second-order valence-corrected chi connectivity index (χ2v) is 5.56. The number of benzene rings is 1. The van der Waals surface area contributed by atoms with E-state index >= 15 is 0 Å². The lowest BCUT2D eigenvalue weighted by atomic mass is 10.0. The van der Waals surface area contributed by atoms with Crippen molar-refractivity contribution in [2.75, 3.05) is 7.11 Å². The number of carbonyl (C=O) groups is 2. The molecule has 0 saturated carbocycles. The largest absolute Gasteiger partial charge is 0.467 e. The van der Waals surface area contributed by atoms with Crippen LogP contribution in [-0.2, 0) is 9.53 Å². The van der Waals surface area contributed by atoms with E-state index in [9.17, 15) is 14.0 Å². The van der Waals surface area contributed by atoms with E-state index in [1.165, 1.54) is 19.2 Å². The second kappa shape index (κ2) is 6.60. The van der Waals surface area contributed by atoms with Crippen LogP contribution in [0.3, 0.4) is 0 Å². The van der Waals surface area contributed by atoms with Gasteiger partial charge in [-0.05, 0) is 30.5 Å². The van der Waals surface area contributed by atoms with Gasteiger partial charge in [-0.1, -0.05) is 19.9 Å². The normalized spacial score (nSPS) is 12.4. The van der Waals surface area contributed by atoms with Crippen molar-refractivity contribution in [3.8, 4) is 0 Å². The summed E-state index contributed by atoms with van der Waals surface area (Å²) in [6.45, 7) is 3.89. The van der Waals surface area contributed by atoms with Crippen molar-refractivity contribution < 1.29 is 18.7 Å². The first-order chi connectivity index (χ1) is 10.4. The molecule has 0 spiro atoms. The first kappa shape index (κ1) is 16.0. The van der Waals surface area contributed by atoms with Crippen LogP contribution in [0.1, 0.15) is 30.8 Å². The number of nitrogens with one attached hydrogen (secondary N) is 2. The Bertz CT molecular complexity index is 694. The number of rotatable bonds is 5. The smallest absolute Gasteiger partial charge is 0.328 e. The number of fused-ring (bicyclic) bond motifs is 1. The highest BCUT2D eigenvalue weighted by molar-refractivity contribution is 5.99. The van der Waals surface area contributed by atoms with Gasteiger partial charge in [0.05, 0.1) is 7.11 Å². The summed E-state index contributed by atoms with van der Waals surface area (Å²) in [6, 6.07) is 5.28. The number of amides is 1. The summed E-state index contributed by atoms with van der Waals surface area (Å²) in [5.74, 6) is -1.15. The van der Waals surface area contributed by atoms with Crippen LogP contribution in [0.2, 0.25) is 0 Å². The molecule has 1 aromatic carbocycles. The van der Waals surface area contributed by atoms with Crippen molar-refractivity contribution >= 4 is 22.8 Å². The zero-order valence-corrected chi connectivity index (χ0v) is 12.8. The van der Waals surface area contributed by atoms with Gasteiger partial charge in [0.1, 0.15) is 17.6 Å². The Kier molecular flexibility index (Phi) is 4.80. The number of aromatic amines is 1. The lowest BCUT2D eigenvalue weighted by molar-refractivity contribution is -0.143. The molecule has 2 aromatic rings. The summed E-state index contributed by atoms with van der Waals surface area (Å²) in [5.41, 5.74) is 0.737. The molecule has 0 aliphatic rings. The molecule has 118 valence electrons. The summed E-state index contributed by atoms with van der Waals surface area (Å²) in [4.78, 5) is 26.8. The van der Waals surface area contributed by atoms with Crippen LogP contribution in [0.4, 0.5) is 4.39 Å². The summed E-state index contributed by atoms with van der Waals surface area (Å²) < 4.78 is 18.4. The molecule has 0 aliphatic carbocycles. The summed E-state index contributed by atoms with van der Waals surface area (Å²) in [7, 11) is 1.28. The zero-order valence-electron chi connectivity index (χ0n) is 12.8. The highest BCUT2D eigenvalue weighted by atomic mass is 19.1. The number of ether oxygens (including phenoxy) is 1. The van der Waals surface area contributed by atoms with Crippen LogP contribution in [-0.4, -0.2) is 30.0 Å². The summed E-state index contributed by atoms with van der Waals surface area (Å²) in [6.07, 6.45) is 0.465. The number of halogens is 1. The monoisotopic (exact) mass is 306 g/mol. The Balaban J connectivity index is 2.21. The number of H-pyrrole nitrogens is 1. The minimum absolute atomic E-state index is 0.206. The molecule has 1 unspecified atom stereocenters. The molecule has 1 aromatic heterocycles. The van der Waals surface area contributed by atoms with E-state index in [0.717, 1.165) is 0 Å². The molecular formula is C16H19FN2O3. The molecular weight excluding hydrogens is 287 g/mol. The Labute approximate surface area is 127 Å². The fourth-order valence-electron chi connectivity index (χ4n) is 2.30. The Morgan fingerprint density at radius 3 is 2.68 bits per heavy atom. The van der Waals surface area contributed by atoms with E-state index in [2.05, 4.69) is 10.3 Å². The summed E-state index contributed by atoms with van der Waals surface area (Å²) in [5, 5.41) is 2.97. The maximum atomic E-state index is 13.7. The fourth-order valence-corrected chi connectivity index (χ4v) is 2.30. The van der Waals surface area contributed by atoms with E-state index in [0.29, 0.717) is 17.3 Å². The van der Waals surface area contributed by atoms with E-state index in [-0.39, 0.29) is 11.6 Å². The van der Waals surface area contributed by atoms with Gasteiger partial charge in [-0.3, -0.25) is 4.79 Å². The molecule has 1 atom stereocenters. The predicted molar refractivity (Wildman–Crippen MR) is 81.0 cm³/mol. The minimum atomic E-state index is -0.728. The van der Waals surface area contributed by atoms with Gasteiger partial charge in [-0.25, -0.2) is 9.18 Å². The molecule has 0 saturated heterocycles. The average molecular weight is 306 g/mol. The second-order valence-electron chi connectivity index (χ2n) is 5.56. The van der Waals surface area contributed by atoms with Crippen LogP contribution in [0.25, 0.3) is 10.9 Å². The number of hydrogen-bond acceptors (Lipinski definition) is 3. The molecule has 0 fully saturated rings. The number of carbonyl (C=O) groups excluding carboxylic acids is 2. The van der Waals surface area contributed by atoms with Gasteiger partial charge in [0, 0.05) is 10.9 Å². The molecule has 1 amide bonds. The molecule has 22 heavy (non-hydrogen) atoms. The Morgan fingerprint density at radius 2 is 2.09 bits per heavy atom. The lowest BCUT2D eigenvalue weighted by Gasteiger charge is -2.17. The fraction of sp³-hybridized carbons (Fsp3) is 0.375. The maximum absolute atomic E-state index is 13.7. The molecule has 0 radical (unpaired) electrons. The van der Waals surface area contributed by atoms with Crippen molar-refractivity contribution in [1.29, 1.82) is 0 Å².